The highest BCUT2D eigenvalue weighted by atomic mass is 35.5. The summed E-state index contributed by atoms with van der Waals surface area (Å²) in [6.45, 7) is 4.08. The zero-order valence-electron chi connectivity index (χ0n) is 12.4. The normalized spacial score (nSPS) is 9.55. The molecule has 0 bridgehead atoms. The average Bonchev–Trinajstić information content (AvgIpc) is 2.45. The van der Waals surface area contributed by atoms with Gasteiger partial charge >= 0.3 is 6.09 Å². The molecule has 0 aliphatic heterocycles. The number of halogens is 1. The van der Waals surface area contributed by atoms with Crippen molar-refractivity contribution in [3.63, 3.8) is 0 Å². The molecular formula is C15H19ClN4O2. The fourth-order valence-electron chi connectivity index (χ4n) is 1.76. The van der Waals surface area contributed by atoms with Crippen LogP contribution in [0.5, 0.6) is 0 Å². The quantitative estimate of drug-likeness (QED) is 0.721. The van der Waals surface area contributed by atoms with Crippen LogP contribution in [0.4, 0.5) is 27.8 Å². The molecular weight excluding hydrogens is 304 g/mol. The number of amides is 1. The maximum atomic E-state index is 11.4. The van der Waals surface area contributed by atoms with Crippen molar-refractivity contribution in [3.8, 4) is 0 Å². The second-order valence-electron chi connectivity index (χ2n) is 4.54. The number of anilines is 4. The number of benzene rings is 1. The molecule has 6 nitrogen and oxygen atoms in total. The van der Waals surface area contributed by atoms with E-state index in [9.17, 15) is 4.79 Å². The van der Waals surface area contributed by atoms with Gasteiger partial charge in [0.25, 0.3) is 0 Å². The van der Waals surface area contributed by atoms with E-state index in [0.29, 0.717) is 18.1 Å². The predicted octanol–water partition coefficient (Wildman–Crippen LogP) is -0.293. The summed E-state index contributed by atoms with van der Waals surface area (Å²) >= 11 is 0. The largest absolute Gasteiger partial charge is 1.00 e. The van der Waals surface area contributed by atoms with Crippen molar-refractivity contribution in [1.82, 2.24) is 0 Å². The lowest BCUT2D eigenvalue weighted by Crippen LogP contribution is -3.00. The van der Waals surface area contributed by atoms with Crippen LogP contribution in [0.1, 0.15) is 12.5 Å². The van der Waals surface area contributed by atoms with E-state index in [-0.39, 0.29) is 12.4 Å². The Labute approximate surface area is 135 Å². The van der Waals surface area contributed by atoms with Crippen LogP contribution in [0.3, 0.4) is 0 Å². The highest BCUT2D eigenvalue weighted by Gasteiger charge is 2.10. The molecule has 0 saturated carbocycles. The summed E-state index contributed by atoms with van der Waals surface area (Å²) in [5.41, 5.74) is 8.49. The Kier molecular flexibility index (Phi) is 6.47. The van der Waals surface area contributed by atoms with Gasteiger partial charge in [0.05, 0.1) is 12.3 Å². The summed E-state index contributed by atoms with van der Waals surface area (Å²) < 4.78 is 4.80. The number of aromatic nitrogens is 1. The van der Waals surface area contributed by atoms with E-state index in [4.69, 9.17) is 10.5 Å². The topological polar surface area (TPSA) is 90.5 Å². The number of carbonyl (C=O) groups is 1. The number of hydrogen-bond acceptors (Lipinski definition) is 4. The minimum absolute atomic E-state index is 0. The Morgan fingerprint density at radius 3 is 2.50 bits per heavy atom. The number of nitrogens with two attached hydrogens (primary N) is 1. The first-order valence-electron chi connectivity index (χ1n) is 6.67. The molecule has 0 unspecified atom stereocenters. The van der Waals surface area contributed by atoms with Crippen molar-refractivity contribution in [1.29, 1.82) is 0 Å². The molecule has 7 heteroatoms. The SMILES string of the molecule is CCOC(=O)Nc1ccc(Nc2ccc(C)cc2)[nH+]c1N.[Cl-]. The van der Waals surface area contributed by atoms with Crippen LogP contribution in [0.25, 0.3) is 0 Å². The maximum absolute atomic E-state index is 11.4. The Balaban J connectivity index is 0.00000242. The van der Waals surface area contributed by atoms with Gasteiger partial charge in [-0.15, -0.1) is 0 Å². The summed E-state index contributed by atoms with van der Waals surface area (Å²) in [5.74, 6) is 1.07. The third-order valence-corrected chi connectivity index (χ3v) is 2.82. The first kappa shape index (κ1) is 17.6. The van der Waals surface area contributed by atoms with Gasteiger partial charge in [0, 0.05) is 6.07 Å². The fourth-order valence-corrected chi connectivity index (χ4v) is 1.76. The number of aromatic amines is 1. The minimum Gasteiger partial charge on any atom is -1.00 e. The van der Waals surface area contributed by atoms with Gasteiger partial charge in [-0.05, 0) is 32.0 Å². The van der Waals surface area contributed by atoms with Crippen molar-refractivity contribution in [2.24, 2.45) is 0 Å². The smallest absolute Gasteiger partial charge is 0.411 e. The number of ether oxygens (including phenoxy) is 1. The Hall–Kier alpha value is -2.47. The van der Waals surface area contributed by atoms with Crippen LogP contribution >= 0.6 is 0 Å². The zero-order valence-corrected chi connectivity index (χ0v) is 13.2. The highest BCUT2D eigenvalue weighted by molar-refractivity contribution is 5.87. The van der Waals surface area contributed by atoms with Crippen LogP contribution in [0.2, 0.25) is 0 Å². The number of hydrogen-bond donors (Lipinski definition) is 3. The first-order valence-corrected chi connectivity index (χ1v) is 6.67. The van der Waals surface area contributed by atoms with Crippen molar-refractivity contribution in [2.45, 2.75) is 13.8 Å². The molecule has 1 aromatic carbocycles. The fraction of sp³-hybridized carbons (Fsp3) is 0.200. The molecule has 0 radical (unpaired) electrons. The molecule has 2 rings (SSSR count). The average molecular weight is 323 g/mol. The second-order valence-corrected chi connectivity index (χ2v) is 4.54. The lowest BCUT2D eigenvalue weighted by atomic mass is 10.2. The second kappa shape index (κ2) is 8.09. The molecule has 2 aromatic rings. The number of pyridine rings is 1. The van der Waals surface area contributed by atoms with Crippen molar-refractivity contribution in [3.05, 3.63) is 42.0 Å². The van der Waals surface area contributed by atoms with Gasteiger partial charge in [0.15, 0.2) is 0 Å². The van der Waals surface area contributed by atoms with Gasteiger partial charge in [-0.3, -0.25) is 10.6 Å². The summed E-state index contributed by atoms with van der Waals surface area (Å²) in [4.78, 5) is 14.3. The van der Waals surface area contributed by atoms with Gasteiger partial charge in [-0.1, -0.05) is 17.7 Å². The maximum Gasteiger partial charge on any atom is 0.411 e. The van der Waals surface area contributed by atoms with Crippen LogP contribution in [-0.2, 0) is 4.74 Å². The van der Waals surface area contributed by atoms with Crippen molar-refractivity contribution < 1.29 is 26.9 Å². The van der Waals surface area contributed by atoms with Crippen LogP contribution < -0.4 is 33.8 Å². The van der Waals surface area contributed by atoms with Crippen molar-refractivity contribution in [2.75, 3.05) is 23.0 Å². The molecule has 1 aromatic heterocycles. The van der Waals surface area contributed by atoms with Gasteiger partial charge in [0.1, 0.15) is 5.69 Å². The Bertz CT molecular complexity index is 632. The lowest BCUT2D eigenvalue weighted by Gasteiger charge is -2.07. The van der Waals surface area contributed by atoms with Gasteiger partial charge in [0.2, 0.25) is 11.6 Å². The molecule has 22 heavy (non-hydrogen) atoms. The number of carbonyl (C=O) groups excluding carboxylic acids is 1. The zero-order chi connectivity index (χ0) is 15.2. The van der Waals surface area contributed by atoms with Crippen LogP contribution in [-0.4, -0.2) is 12.7 Å². The number of nitrogen functional groups attached to an aromatic ring is 1. The van der Waals surface area contributed by atoms with E-state index in [1.165, 1.54) is 5.56 Å². The monoisotopic (exact) mass is 322 g/mol. The van der Waals surface area contributed by atoms with Gasteiger partial charge < -0.3 is 22.9 Å². The predicted molar refractivity (Wildman–Crippen MR) is 82.5 cm³/mol. The molecule has 0 fully saturated rings. The third-order valence-electron chi connectivity index (χ3n) is 2.82. The molecule has 0 aliphatic carbocycles. The minimum atomic E-state index is -0.531. The molecule has 0 aliphatic rings. The van der Waals surface area contributed by atoms with Gasteiger partial charge in [-0.2, -0.15) is 0 Å². The number of aryl methyl sites for hydroxylation is 1. The highest BCUT2D eigenvalue weighted by Crippen LogP contribution is 2.18. The lowest BCUT2D eigenvalue weighted by molar-refractivity contribution is -0.342. The van der Waals surface area contributed by atoms with E-state index in [2.05, 4.69) is 15.6 Å². The van der Waals surface area contributed by atoms with E-state index in [1.54, 1.807) is 19.1 Å². The molecule has 1 heterocycles. The summed E-state index contributed by atoms with van der Waals surface area (Å²) in [6, 6.07) is 11.5. The summed E-state index contributed by atoms with van der Waals surface area (Å²) in [6.07, 6.45) is -0.531. The molecule has 1 amide bonds. The summed E-state index contributed by atoms with van der Waals surface area (Å²) in [7, 11) is 0. The van der Waals surface area contributed by atoms with E-state index in [0.717, 1.165) is 11.5 Å². The van der Waals surface area contributed by atoms with Crippen LogP contribution in [0.15, 0.2) is 36.4 Å². The van der Waals surface area contributed by atoms with E-state index < -0.39 is 6.09 Å². The third kappa shape index (κ3) is 4.82. The van der Waals surface area contributed by atoms with Gasteiger partial charge in [-0.25, -0.2) is 9.78 Å². The number of H-pyrrole nitrogens is 1. The molecule has 0 saturated heterocycles. The molecule has 0 atom stereocenters. The molecule has 5 N–H and O–H groups in total. The standard InChI is InChI=1S/C15H18N4O2.ClH/c1-3-21-15(20)18-12-8-9-13(19-14(12)16)17-11-6-4-10(2)5-7-11;/h4-9H,3H2,1-2H3,(H,18,20)(H3,16,17,19);1H. The van der Waals surface area contributed by atoms with Crippen LogP contribution in [0, 0.1) is 6.92 Å². The first-order chi connectivity index (χ1) is 10.1. The van der Waals surface area contributed by atoms with Crippen molar-refractivity contribution >= 4 is 29.1 Å². The molecule has 0 spiro atoms. The Morgan fingerprint density at radius 2 is 1.91 bits per heavy atom. The van der Waals surface area contributed by atoms with E-state index >= 15 is 0 Å². The summed E-state index contributed by atoms with van der Waals surface area (Å²) in [5, 5.41) is 5.76. The molecule has 118 valence electrons. The van der Waals surface area contributed by atoms with E-state index in [1.807, 2.05) is 31.2 Å². The number of rotatable bonds is 4. The number of nitrogens with one attached hydrogen (secondary N) is 3. The Morgan fingerprint density at radius 1 is 1.23 bits per heavy atom.